The minimum absolute atomic E-state index is 0.299. The number of nitrogens with one attached hydrogen (secondary N) is 1. The molecule has 100 valence electrons. The van der Waals surface area contributed by atoms with Crippen molar-refractivity contribution >= 4 is 23.2 Å². The molecule has 0 bridgehead atoms. The Balaban J connectivity index is 2.14. The fourth-order valence-corrected chi connectivity index (χ4v) is 1.73. The first-order valence-corrected chi connectivity index (χ1v) is 6.12. The second-order valence-electron chi connectivity index (χ2n) is 3.87. The predicted octanol–water partition coefficient (Wildman–Crippen LogP) is 2.00. The molecule has 1 amide bonds. The standard InChI is InChI=1S/C12H13ClN4O2/c1-2-10-16-11(19-17-10)6-15-9-5-7(13)3-4-8(9)12(14)18/h3-5,15H,2,6H2,1H3,(H2,14,18). The molecule has 1 heterocycles. The van der Waals surface area contributed by atoms with Crippen LogP contribution in [0.2, 0.25) is 5.02 Å². The highest BCUT2D eigenvalue weighted by molar-refractivity contribution is 6.31. The topological polar surface area (TPSA) is 94.0 Å². The zero-order valence-corrected chi connectivity index (χ0v) is 11.1. The lowest BCUT2D eigenvalue weighted by Gasteiger charge is -2.08. The molecule has 0 aliphatic carbocycles. The van der Waals surface area contributed by atoms with Gasteiger partial charge < -0.3 is 15.6 Å². The van der Waals surface area contributed by atoms with Gasteiger partial charge in [0.15, 0.2) is 5.82 Å². The smallest absolute Gasteiger partial charge is 0.250 e. The van der Waals surface area contributed by atoms with Gasteiger partial charge in [-0.15, -0.1) is 0 Å². The summed E-state index contributed by atoms with van der Waals surface area (Å²) >= 11 is 5.89. The summed E-state index contributed by atoms with van der Waals surface area (Å²) in [5.41, 5.74) is 6.18. The monoisotopic (exact) mass is 280 g/mol. The van der Waals surface area contributed by atoms with Crippen molar-refractivity contribution < 1.29 is 9.32 Å². The Morgan fingerprint density at radius 2 is 2.32 bits per heavy atom. The molecule has 0 saturated heterocycles. The van der Waals surface area contributed by atoms with Crippen molar-refractivity contribution in [3.05, 3.63) is 40.5 Å². The van der Waals surface area contributed by atoms with Gasteiger partial charge in [0.1, 0.15) is 0 Å². The van der Waals surface area contributed by atoms with Gasteiger partial charge in [0, 0.05) is 17.1 Å². The average Bonchev–Trinajstić information content (AvgIpc) is 2.84. The van der Waals surface area contributed by atoms with Crippen LogP contribution in [0.25, 0.3) is 0 Å². The SMILES string of the molecule is CCc1noc(CNc2cc(Cl)ccc2C(N)=O)n1. The summed E-state index contributed by atoms with van der Waals surface area (Å²) in [5, 5.41) is 7.29. The molecule has 2 rings (SSSR count). The van der Waals surface area contributed by atoms with E-state index in [1.54, 1.807) is 18.2 Å². The van der Waals surface area contributed by atoms with E-state index in [1.165, 1.54) is 0 Å². The van der Waals surface area contributed by atoms with Crippen molar-refractivity contribution in [1.82, 2.24) is 10.1 Å². The molecule has 19 heavy (non-hydrogen) atoms. The summed E-state index contributed by atoms with van der Waals surface area (Å²) in [7, 11) is 0. The number of aryl methyl sites for hydroxylation is 1. The molecule has 2 aromatic rings. The molecule has 1 aromatic heterocycles. The highest BCUT2D eigenvalue weighted by atomic mass is 35.5. The van der Waals surface area contributed by atoms with Crippen LogP contribution in [-0.2, 0) is 13.0 Å². The largest absolute Gasteiger partial charge is 0.375 e. The highest BCUT2D eigenvalue weighted by Crippen LogP contribution is 2.21. The Morgan fingerprint density at radius 3 is 2.95 bits per heavy atom. The predicted molar refractivity (Wildman–Crippen MR) is 71.0 cm³/mol. The van der Waals surface area contributed by atoms with Gasteiger partial charge in [-0.2, -0.15) is 4.98 Å². The maximum Gasteiger partial charge on any atom is 0.250 e. The van der Waals surface area contributed by atoms with E-state index in [1.807, 2.05) is 6.92 Å². The number of halogens is 1. The molecule has 7 heteroatoms. The molecular formula is C12H13ClN4O2. The number of rotatable bonds is 5. The number of hydrogen-bond acceptors (Lipinski definition) is 5. The lowest BCUT2D eigenvalue weighted by Crippen LogP contribution is -2.14. The summed E-state index contributed by atoms with van der Waals surface area (Å²) in [4.78, 5) is 15.4. The number of primary amides is 1. The van der Waals surface area contributed by atoms with E-state index in [4.69, 9.17) is 21.9 Å². The molecule has 1 aromatic carbocycles. The number of carbonyl (C=O) groups excluding carboxylic acids is 1. The van der Waals surface area contributed by atoms with Crippen LogP contribution in [0.1, 0.15) is 29.0 Å². The van der Waals surface area contributed by atoms with Gasteiger partial charge in [-0.05, 0) is 18.2 Å². The average molecular weight is 281 g/mol. The van der Waals surface area contributed by atoms with Crippen molar-refractivity contribution in [1.29, 1.82) is 0 Å². The second kappa shape index (κ2) is 5.71. The molecule has 3 N–H and O–H groups in total. The normalized spacial score (nSPS) is 10.4. The van der Waals surface area contributed by atoms with E-state index >= 15 is 0 Å². The van der Waals surface area contributed by atoms with Crippen molar-refractivity contribution in [2.75, 3.05) is 5.32 Å². The third-order valence-corrected chi connectivity index (χ3v) is 2.74. The number of hydrogen-bond donors (Lipinski definition) is 2. The first kappa shape index (κ1) is 13.4. The summed E-state index contributed by atoms with van der Waals surface area (Å²) in [6.07, 6.45) is 0.702. The number of anilines is 1. The Hall–Kier alpha value is -2.08. The number of nitrogens with zero attached hydrogens (tertiary/aromatic N) is 2. The van der Waals surface area contributed by atoms with Crippen LogP contribution in [0, 0.1) is 0 Å². The Kier molecular flexibility index (Phi) is 4.01. The van der Waals surface area contributed by atoms with Gasteiger partial charge in [-0.25, -0.2) is 0 Å². The quantitative estimate of drug-likeness (QED) is 0.873. The minimum Gasteiger partial charge on any atom is -0.375 e. The van der Waals surface area contributed by atoms with Crippen LogP contribution in [0.5, 0.6) is 0 Å². The zero-order valence-electron chi connectivity index (χ0n) is 10.3. The molecule has 0 fully saturated rings. The van der Waals surface area contributed by atoms with Gasteiger partial charge in [-0.3, -0.25) is 4.79 Å². The van der Waals surface area contributed by atoms with Gasteiger partial charge in [0.2, 0.25) is 5.89 Å². The maximum atomic E-state index is 11.3. The second-order valence-corrected chi connectivity index (χ2v) is 4.30. The lowest BCUT2D eigenvalue weighted by molar-refractivity contribution is 0.100. The molecule has 0 aliphatic rings. The molecule has 0 aliphatic heterocycles. The molecule has 0 saturated carbocycles. The Labute approximate surface area is 114 Å². The van der Waals surface area contributed by atoms with Crippen LogP contribution < -0.4 is 11.1 Å². The van der Waals surface area contributed by atoms with Crippen molar-refractivity contribution in [2.24, 2.45) is 5.73 Å². The van der Waals surface area contributed by atoms with E-state index in [-0.39, 0.29) is 0 Å². The number of carbonyl (C=O) groups is 1. The number of aromatic nitrogens is 2. The Bertz CT molecular complexity index is 597. The third kappa shape index (κ3) is 3.23. The molecule has 0 spiro atoms. The summed E-state index contributed by atoms with van der Waals surface area (Å²) < 4.78 is 5.04. The first-order chi connectivity index (χ1) is 9.10. The van der Waals surface area contributed by atoms with E-state index in [9.17, 15) is 4.79 Å². The summed E-state index contributed by atoms with van der Waals surface area (Å²) in [6, 6.07) is 4.80. The Morgan fingerprint density at radius 1 is 1.53 bits per heavy atom. The van der Waals surface area contributed by atoms with Gasteiger partial charge in [0.05, 0.1) is 12.1 Å². The first-order valence-electron chi connectivity index (χ1n) is 5.75. The van der Waals surface area contributed by atoms with Crippen LogP contribution in [0.3, 0.4) is 0 Å². The zero-order chi connectivity index (χ0) is 13.8. The number of benzene rings is 1. The maximum absolute atomic E-state index is 11.3. The fraction of sp³-hybridized carbons (Fsp3) is 0.250. The van der Waals surface area contributed by atoms with E-state index < -0.39 is 5.91 Å². The summed E-state index contributed by atoms with van der Waals surface area (Å²) in [6.45, 7) is 2.23. The fourth-order valence-electron chi connectivity index (χ4n) is 1.55. The molecular weight excluding hydrogens is 268 g/mol. The van der Waals surface area contributed by atoms with E-state index in [0.29, 0.717) is 41.0 Å². The molecule has 6 nitrogen and oxygen atoms in total. The highest BCUT2D eigenvalue weighted by Gasteiger charge is 2.10. The van der Waals surface area contributed by atoms with E-state index in [2.05, 4.69) is 15.5 Å². The van der Waals surface area contributed by atoms with Gasteiger partial charge in [-0.1, -0.05) is 23.7 Å². The van der Waals surface area contributed by atoms with Crippen molar-refractivity contribution in [3.8, 4) is 0 Å². The number of amides is 1. The molecule has 0 atom stereocenters. The van der Waals surface area contributed by atoms with Crippen LogP contribution >= 0.6 is 11.6 Å². The van der Waals surface area contributed by atoms with Crippen LogP contribution in [0.4, 0.5) is 5.69 Å². The van der Waals surface area contributed by atoms with Crippen LogP contribution in [0.15, 0.2) is 22.7 Å². The van der Waals surface area contributed by atoms with E-state index in [0.717, 1.165) is 0 Å². The van der Waals surface area contributed by atoms with Gasteiger partial charge >= 0.3 is 0 Å². The number of nitrogens with two attached hydrogens (primary N) is 1. The van der Waals surface area contributed by atoms with Crippen LogP contribution in [-0.4, -0.2) is 16.0 Å². The van der Waals surface area contributed by atoms with Crippen molar-refractivity contribution in [3.63, 3.8) is 0 Å². The third-order valence-electron chi connectivity index (χ3n) is 2.50. The minimum atomic E-state index is -0.529. The lowest BCUT2D eigenvalue weighted by atomic mass is 10.1. The molecule has 0 radical (unpaired) electrons. The van der Waals surface area contributed by atoms with Crippen molar-refractivity contribution in [2.45, 2.75) is 19.9 Å². The molecule has 0 unspecified atom stereocenters. The van der Waals surface area contributed by atoms with Gasteiger partial charge in [0.25, 0.3) is 5.91 Å². The summed E-state index contributed by atoms with van der Waals surface area (Å²) in [5.74, 6) is 0.546.